The van der Waals surface area contributed by atoms with Gasteiger partial charge in [-0.25, -0.2) is 4.39 Å². The fraction of sp³-hybridized carbons (Fsp3) is 0.462. The minimum Gasteiger partial charge on any atom is -0.378 e. The predicted molar refractivity (Wildman–Crippen MR) is 69.0 cm³/mol. The summed E-state index contributed by atoms with van der Waals surface area (Å²) in [5.74, 6) is -1.31. The number of nitrogens with one attached hydrogen (secondary N) is 1. The van der Waals surface area contributed by atoms with E-state index < -0.39 is 22.3 Å². The summed E-state index contributed by atoms with van der Waals surface area (Å²) in [6, 6.07) is 2.76. The van der Waals surface area contributed by atoms with Gasteiger partial charge in [0, 0.05) is 18.7 Å². The van der Waals surface area contributed by atoms with Gasteiger partial charge in [-0.2, -0.15) is 0 Å². The zero-order chi connectivity index (χ0) is 14.7. The first-order chi connectivity index (χ1) is 9.51. The van der Waals surface area contributed by atoms with Crippen LogP contribution in [0, 0.1) is 15.9 Å². The van der Waals surface area contributed by atoms with Crippen molar-refractivity contribution in [3.63, 3.8) is 0 Å². The Labute approximate surface area is 115 Å². The van der Waals surface area contributed by atoms with Crippen LogP contribution in [0.1, 0.15) is 30.1 Å². The predicted octanol–water partition coefficient (Wildman–Crippen LogP) is 2.03. The molecule has 1 aromatic rings. The lowest BCUT2D eigenvalue weighted by Crippen LogP contribution is -2.47. The van der Waals surface area contributed by atoms with Crippen molar-refractivity contribution in [2.75, 3.05) is 6.61 Å². The third-order valence-corrected chi connectivity index (χ3v) is 3.23. The molecule has 1 amide bonds. The lowest BCUT2D eigenvalue weighted by Gasteiger charge is -2.35. The van der Waals surface area contributed by atoms with Gasteiger partial charge in [0.2, 0.25) is 0 Å². The lowest BCUT2D eigenvalue weighted by atomic mass is 9.89. The second-order valence-electron chi connectivity index (χ2n) is 4.64. The number of hydrogen-bond acceptors (Lipinski definition) is 4. The van der Waals surface area contributed by atoms with E-state index in [1.165, 1.54) is 0 Å². The van der Waals surface area contributed by atoms with Gasteiger partial charge < -0.3 is 10.1 Å². The number of nitro groups is 1. The number of hydrogen-bond donors (Lipinski definition) is 1. The van der Waals surface area contributed by atoms with E-state index in [1.54, 1.807) is 0 Å². The Kier molecular flexibility index (Phi) is 4.29. The molecule has 1 aliphatic carbocycles. The Balaban J connectivity index is 2.03. The van der Waals surface area contributed by atoms with Crippen LogP contribution in [0.5, 0.6) is 0 Å². The first-order valence-corrected chi connectivity index (χ1v) is 6.37. The van der Waals surface area contributed by atoms with E-state index in [0.29, 0.717) is 19.4 Å². The van der Waals surface area contributed by atoms with Gasteiger partial charge in [0.25, 0.3) is 11.6 Å². The molecule has 0 atom stereocenters. The number of carbonyl (C=O) groups excluding carboxylic acids is 1. The van der Waals surface area contributed by atoms with Crippen LogP contribution in [0.25, 0.3) is 0 Å². The monoisotopic (exact) mass is 282 g/mol. The molecule has 1 N–H and O–H groups in total. The Hall–Kier alpha value is -2.02. The summed E-state index contributed by atoms with van der Waals surface area (Å²) in [4.78, 5) is 22.1. The number of amides is 1. The van der Waals surface area contributed by atoms with Crippen LogP contribution in [0.15, 0.2) is 18.2 Å². The Morgan fingerprint density at radius 1 is 1.55 bits per heavy atom. The summed E-state index contributed by atoms with van der Waals surface area (Å²) in [5, 5.41) is 13.5. The first-order valence-electron chi connectivity index (χ1n) is 6.37. The third kappa shape index (κ3) is 3.11. The number of rotatable bonds is 5. The van der Waals surface area contributed by atoms with E-state index in [9.17, 15) is 19.3 Å². The largest absolute Gasteiger partial charge is 0.378 e. The highest BCUT2D eigenvalue weighted by Crippen LogP contribution is 2.25. The Morgan fingerprint density at radius 3 is 2.85 bits per heavy atom. The second-order valence-corrected chi connectivity index (χ2v) is 4.64. The standard InChI is InChI=1S/C13H15FN2O4/c1-2-20-10-6-9(7-10)15-13(17)11-5-8(14)3-4-12(11)16(18)19/h3-5,9-10H,2,6-7H2,1H3,(H,15,17). The van der Waals surface area contributed by atoms with Gasteiger partial charge in [0.05, 0.1) is 11.0 Å². The highest BCUT2D eigenvalue weighted by molar-refractivity contribution is 5.98. The summed E-state index contributed by atoms with van der Waals surface area (Å²) in [6.07, 6.45) is 1.46. The molecule has 0 saturated heterocycles. The molecule has 1 saturated carbocycles. The van der Waals surface area contributed by atoms with Crippen molar-refractivity contribution < 1.29 is 18.8 Å². The first kappa shape index (κ1) is 14.4. The maximum absolute atomic E-state index is 13.1. The number of halogens is 1. The van der Waals surface area contributed by atoms with Crippen molar-refractivity contribution in [2.45, 2.75) is 31.9 Å². The summed E-state index contributed by atoms with van der Waals surface area (Å²) >= 11 is 0. The van der Waals surface area contributed by atoms with E-state index in [-0.39, 0.29) is 17.7 Å². The summed E-state index contributed by atoms with van der Waals surface area (Å²) < 4.78 is 18.5. The molecule has 0 aliphatic heterocycles. The molecular formula is C13H15FN2O4. The summed E-state index contributed by atoms with van der Waals surface area (Å²) in [5.41, 5.74) is -0.653. The van der Waals surface area contributed by atoms with Crippen LogP contribution >= 0.6 is 0 Å². The topological polar surface area (TPSA) is 81.5 Å². The maximum atomic E-state index is 13.1. The van der Waals surface area contributed by atoms with E-state index in [2.05, 4.69) is 5.32 Å². The molecule has 108 valence electrons. The fourth-order valence-corrected chi connectivity index (χ4v) is 2.17. The van der Waals surface area contributed by atoms with E-state index in [0.717, 1.165) is 18.2 Å². The van der Waals surface area contributed by atoms with Crippen LogP contribution in [-0.4, -0.2) is 29.6 Å². The van der Waals surface area contributed by atoms with Gasteiger partial charge in [-0.15, -0.1) is 0 Å². The van der Waals surface area contributed by atoms with E-state index in [4.69, 9.17) is 4.74 Å². The quantitative estimate of drug-likeness (QED) is 0.661. The zero-order valence-electron chi connectivity index (χ0n) is 11.0. The van der Waals surface area contributed by atoms with Gasteiger partial charge in [-0.1, -0.05) is 0 Å². The van der Waals surface area contributed by atoms with Crippen molar-refractivity contribution in [3.05, 3.63) is 39.7 Å². The number of nitro benzene ring substituents is 1. The molecule has 1 fully saturated rings. The molecule has 0 bridgehead atoms. The van der Waals surface area contributed by atoms with Crippen molar-refractivity contribution in [1.29, 1.82) is 0 Å². The summed E-state index contributed by atoms with van der Waals surface area (Å²) in [6.45, 7) is 2.50. The molecule has 0 unspecified atom stereocenters. The fourth-order valence-electron chi connectivity index (χ4n) is 2.17. The molecular weight excluding hydrogens is 267 g/mol. The lowest BCUT2D eigenvalue weighted by molar-refractivity contribution is -0.385. The third-order valence-electron chi connectivity index (χ3n) is 3.23. The number of benzene rings is 1. The average molecular weight is 282 g/mol. The van der Waals surface area contributed by atoms with Crippen molar-refractivity contribution >= 4 is 11.6 Å². The molecule has 1 aliphatic rings. The molecule has 0 radical (unpaired) electrons. The van der Waals surface area contributed by atoms with Crippen LogP contribution < -0.4 is 5.32 Å². The SMILES string of the molecule is CCOC1CC(NC(=O)c2cc(F)ccc2[N+](=O)[O-])C1. The Morgan fingerprint density at radius 2 is 2.25 bits per heavy atom. The number of carbonyl (C=O) groups is 1. The van der Waals surface area contributed by atoms with Crippen LogP contribution in [0.2, 0.25) is 0 Å². The normalized spacial score (nSPS) is 21.1. The minimum atomic E-state index is -0.696. The van der Waals surface area contributed by atoms with Crippen molar-refractivity contribution in [2.24, 2.45) is 0 Å². The molecule has 7 heteroatoms. The molecule has 1 aromatic carbocycles. The maximum Gasteiger partial charge on any atom is 0.282 e. The molecule has 2 rings (SSSR count). The Bertz CT molecular complexity index is 529. The van der Waals surface area contributed by atoms with Gasteiger partial charge in [0.1, 0.15) is 11.4 Å². The highest BCUT2D eigenvalue weighted by atomic mass is 19.1. The molecule has 0 spiro atoms. The molecule has 0 heterocycles. The van der Waals surface area contributed by atoms with Gasteiger partial charge >= 0.3 is 0 Å². The molecule has 0 aromatic heterocycles. The highest BCUT2D eigenvalue weighted by Gasteiger charge is 2.32. The van der Waals surface area contributed by atoms with Gasteiger partial charge in [-0.05, 0) is 31.9 Å². The smallest absolute Gasteiger partial charge is 0.282 e. The summed E-state index contributed by atoms with van der Waals surface area (Å²) in [7, 11) is 0. The van der Waals surface area contributed by atoms with Gasteiger partial charge in [0.15, 0.2) is 0 Å². The zero-order valence-corrected chi connectivity index (χ0v) is 11.0. The molecule has 20 heavy (non-hydrogen) atoms. The van der Waals surface area contributed by atoms with Crippen molar-refractivity contribution in [3.8, 4) is 0 Å². The van der Waals surface area contributed by atoms with Gasteiger partial charge in [-0.3, -0.25) is 14.9 Å². The van der Waals surface area contributed by atoms with Crippen LogP contribution in [0.4, 0.5) is 10.1 Å². The number of nitrogens with zero attached hydrogens (tertiary/aromatic N) is 1. The molecule has 6 nitrogen and oxygen atoms in total. The number of ether oxygens (including phenoxy) is 1. The second kappa shape index (κ2) is 5.96. The van der Waals surface area contributed by atoms with E-state index >= 15 is 0 Å². The van der Waals surface area contributed by atoms with Crippen LogP contribution in [0.3, 0.4) is 0 Å². The van der Waals surface area contributed by atoms with Crippen molar-refractivity contribution in [1.82, 2.24) is 5.32 Å². The van der Waals surface area contributed by atoms with E-state index in [1.807, 2.05) is 6.92 Å². The minimum absolute atomic E-state index is 0.0816. The van der Waals surface area contributed by atoms with Crippen LogP contribution in [-0.2, 0) is 4.74 Å². The average Bonchev–Trinajstić information content (AvgIpc) is 2.35.